The highest BCUT2D eigenvalue weighted by Gasteiger charge is 2.34. The minimum absolute atomic E-state index is 0.137. The van der Waals surface area contributed by atoms with Crippen molar-refractivity contribution >= 4 is 21.3 Å². The van der Waals surface area contributed by atoms with E-state index in [0.717, 1.165) is 5.56 Å². The molecule has 1 atom stereocenters. The molecule has 0 saturated carbocycles. The molecule has 0 bridgehead atoms. The van der Waals surface area contributed by atoms with E-state index in [4.69, 9.17) is 0 Å². The van der Waals surface area contributed by atoms with Gasteiger partial charge in [0.05, 0.1) is 16.7 Å². The summed E-state index contributed by atoms with van der Waals surface area (Å²) >= 11 is 0. The van der Waals surface area contributed by atoms with E-state index in [-0.39, 0.29) is 22.4 Å². The van der Waals surface area contributed by atoms with Gasteiger partial charge in [0.15, 0.2) is 9.84 Å². The van der Waals surface area contributed by atoms with E-state index < -0.39 is 15.9 Å². The van der Waals surface area contributed by atoms with Crippen molar-refractivity contribution in [2.45, 2.75) is 17.9 Å². The molecule has 0 fully saturated rings. The average molecular weight is 345 g/mol. The molecule has 4 nitrogen and oxygen atoms in total. The fourth-order valence-electron chi connectivity index (χ4n) is 2.78. The van der Waals surface area contributed by atoms with Gasteiger partial charge in [0.1, 0.15) is 5.82 Å². The smallest absolute Gasteiger partial charge is 0.244 e. The molecule has 0 unspecified atom stereocenters. The molecular weight excluding hydrogens is 329 g/mol. The molecule has 1 aliphatic heterocycles. The second-order valence-corrected chi connectivity index (χ2v) is 7.72. The minimum Gasteiger partial charge on any atom is -0.345 e. The average Bonchev–Trinajstić information content (AvgIpc) is 2.79. The Labute approximate surface area is 139 Å². The molecule has 0 aliphatic carbocycles. The van der Waals surface area contributed by atoms with Crippen molar-refractivity contribution in [1.82, 2.24) is 5.32 Å². The van der Waals surface area contributed by atoms with E-state index in [1.54, 1.807) is 43.3 Å². The van der Waals surface area contributed by atoms with Crippen LogP contribution in [0, 0.1) is 5.82 Å². The van der Waals surface area contributed by atoms with E-state index in [1.165, 1.54) is 18.2 Å². The SMILES string of the molecule is C/C(=C/C(=O)N[C@@H]1CS(=O)(=O)c2ccccc21)c1ccc(F)cc1. The summed E-state index contributed by atoms with van der Waals surface area (Å²) in [6.07, 6.45) is 1.39. The van der Waals surface area contributed by atoms with E-state index in [0.29, 0.717) is 11.1 Å². The highest BCUT2D eigenvalue weighted by molar-refractivity contribution is 7.91. The van der Waals surface area contributed by atoms with Crippen LogP contribution in [-0.4, -0.2) is 20.1 Å². The number of halogens is 1. The fraction of sp³-hybridized carbons (Fsp3) is 0.167. The van der Waals surface area contributed by atoms with Gasteiger partial charge < -0.3 is 5.32 Å². The lowest BCUT2D eigenvalue weighted by Gasteiger charge is -2.11. The molecule has 2 aromatic rings. The first-order valence-electron chi connectivity index (χ1n) is 7.43. The van der Waals surface area contributed by atoms with Crippen LogP contribution < -0.4 is 5.32 Å². The number of carbonyl (C=O) groups is 1. The number of sulfone groups is 1. The lowest BCUT2D eigenvalue weighted by atomic mass is 10.1. The zero-order chi connectivity index (χ0) is 17.3. The lowest BCUT2D eigenvalue weighted by Crippen LogP contribution is -2.28. The van der Waals surface area contributed by atoms with E-state index >= 15 is 0 Å². The molecule has 1 aliphatic rings. The summed E-state index contributed by atoms with van der Waals surface area (Å²) in [5, 5.41) is 2.73. The molecule has 1 amide bonds. The van der Waals surface area contributed by atoms with Crippen LogP contribution in [0.5, 0.6) is 0 Å². The van der Waals surface area contributed by atoms with Gasteiger partial charge >= 0.3 is 0 Å². The largest absolute Gasteiger partial charge is 0.345 e. The van der Waals surface area contributed by atoms with Crippen molar-refractivity contribution in [3.05, 3.63) is 71.6 Å². The monoisotopic (exact) mass is 345 g/mol. The lowest BCUT2D eigenvalue weighted by molar-refractivity contribution is -0.117. The van der Waals surface area contributed by atoms with Gasteiger partial charge in [0, 0.05) is 6.08 Å². The first-order valence-corrected chi connectivity index (χ1v) is 9.08. The van der Waals surface area contributed by atoms with Crippen LogP contribution in [0.3, 0.4) is 0 Å². The van der Waals surface area contributed by atoms with Crippen LogP contribution in [0.1, 0.15) is 24.1 Å². The van der Waals surface area contributed by atoms with Crippen molar-refractivity contribution in [3.63, 3.8) is 0 Å². The molecule has 124 valence electrons. The molecule has 3 rings (SSSR count). The normalized spacial score (nSPS) is 18.9. The topological polar surface area (TPSA) is 63.2 Å². The molecule has 1 N–H and O–H groups in total. The van der Waals surface area contributed by atoms with E-state index in [1.807, 2.05) is 0 Å². The molecule has 0 aromatic heterocycles. The second kappa shape index (κ2) is 6.20. The van der Waals surface area contributed by atoms with Gasteiger partial charge in [-0.1, -0.05) is 30.3 Å². The summed E-state index contributed by atoms with van der Waals surface area (Å²) in [4.78, 5) is 12.5. The van der Waals surface area contributed by atoms with Crippen molar-refractivity contribution in [3.8, 4) is 0 Å². The minimum atomic E-state index is -3.36. The molecular formula is C18H16FNO3S. The van der Waals surface area contributed by atoms with Crippen molar-refractivity contribution in [2.75, 3.05) is 5.75 Å². The molecule has 0 spiro atoms. The quantitative estimate of drug-likeness (QED) is 0.870. The number of allylic oxidation sites excluding steroid dienone is 1. The Morgan fingerprint density at radius 2 is 1.83 bits per heavy atom. The van der Waals surface area contributed by atoms with Crippen LogP contribution in [0.15, 0.2) is 59.5 Å². The summed E-state index contributed by atoms with van der Waals surface area (Å²) in [5.74, 6) is -0.862. The van der Waals surface area contributed by atoms with Gasteiger partial charge in [-0.15, -0.1) is 0 Å². The molecule has 0 radical (unpaired) electrons. The first-order chi connectivity index (χ1) is 11.4. The maximum Gasteiger partial charge on any atom is 0.244 e. The van der Waals surface area contributed by atoms with Crippen LogP contribution in [0.25, 0.3) is 5.57 Å². The van der Waals surface area contributed by atoms with Crippen molar-refractivity contribution in [2.24, 2.45) is 0 Å². The predicted octanol–water partition coefficient (Wildman–Crippen LogP) is 2.87. The van der Waals surface area contributed by atoms with Gasteiger partial charge in [-0.05, 0) is 41.8 Å². The number of fused-ring (bicyclic) bond motifs is 1. The summed E-state index contributed by atoms with van der Waals surface area (Å²) in [6, 6.07) is 11.9. The Hall–Kier alpha value is -2.47. The Morgan fingerprint density at radius 1 is 1.17 bits per heavy atom. The van der Waals surface area contributed by atoms with E-state index in [9.17, 15) is 17.6 Å². The van der Waals surface area contributed by atoms with Crippen LogP contribution >= 0.6 is 0 Å². The van der Waals surface area contributed by atoms with E-state index in [2.05, 4.69) is 5.32 Å². The van der Waals surface area contributed by atoms with Crippen LogP contribution in [0.4, 0.5) is 4.39 Å². The number of rotatable bonds is 3. The van der Waals surface area contributed by atoms with Gasteiger partial charge in [0.2, 0.25) is 5.91 Å². The van der Waals surface area contributed by atoms with Crippen molar-refractivity contribution < 1.29 is 17.6 Å². The number of benzene rings is 2. The van der Waals surface area contributed by atoms with Crippen molar-refractivity contribution in [1.29, 1.82) is 0 Å². The van der Waals surface area contributed by atoms with Gasteiger partial charge in [0.25, 0.3) is 0 Å². The summed E-state index contributed by atoms with van der Waals surface area (Å²) in [7, 11) is -3.36. The summed E-state index contributed by atoms with van der Waals surface area (Å²) < 4.78 is 37.2. The van der Waals surface area contributed by atoms with Crippen LogP contribution in [-0.2, 0) is 14.6 Å². The molecule has 2 aromatic carbocycles. The third kappa shape index (κ3) is 3.23. The highest BCUT2D eigenvalue weighted by Crippen LogP contribution is 2.32. The van der Waals surface area contributed by atoms with Gasteiger partial charge in [-0.3, -0.25) is 4.79 Å². The zero-order valence-corrected chi connectivity index (χ0v) is 13.8. The third-order valence-electron chi connectivity index (χ3n) is 3.98. The maximum absolute atomic E-state index is 12.9. The van der Waals surface area contributed by atoms with Gasteiger partial charge in [-0.2, -0.15) is 0 Å². The number of hydrogen-bond donors (Lipinski definition) is 1. The Balaban J connectivity index is 1.79. The Bertz CT molecular complexity index is 918. The number of nitrogens with one attached hydrogen (secondary N) is 1. The molecule has 0 saturated heterocycles. The van der Waals surface area contributed by atoms with Gasteiger partial charge in [-0.25, -0.2) is 12.8 Å². The third-order valence-corrected chi connectivity index (χ3v) is 5.79. The molecule has 1 heterocycles. The summed E-state index contributed by atoms with van der Waals surface area (Å²) in [6.45, 7) is 1.74. The first kappa shape index (κ1) is 16.4. The molecule has 6 heteroatoms. The number of carbonyl (C=O) groups excluding carboxylic acids is 1. The number of hydrogen-bond acceptors (Lipinski definition) is 3. The predicted molar refractivity (Wildman–Crippen MR) is 89.4 cm³/mol. The summed E-state index contributed by atoms with van der Waals surface area (Å²) in [5.41, 5.74) is 2.01. The molecule has 24 heavy (non-hydrogen) atoms. The second-order valence-electron chi connectivity index (χ2n) is 5.71. The Kier molecular flexibility index (Phi) is 4.24. The highest BCUT2D eigenvalue weighted by atomic mass is 32.2. The zero-order valence-electron chi connectivity index (χ0n) is 13.0. The van der Waals surface area contributed by atoms with Crippen LogP contribution in [0.2, 0.25) is 0 Å². The Morgan fingerprint density at radius 3 is 2.54 bits per heavy atom. The number of amides is 1. The fourth-order valence-corrected chi connectivity index (χ4v) is 4.51. The maximum atomic E-state index is 12.9. The standard InChI is InChI=1S/C18H16FNO3S/c1-12(13-6-8-14(19)9-7-13)10-18(21)20-16-11-24(22,23)17-5-3-2-4-15(16)17/h2-10,16H,11H2,1H3,(H,20,21)/b12-10-/t16-/m1/s1.